The maximum absolute atomic E-state index is 11.7. The minimum atomic E-state index is 0.135. The van der Waals surface area contributed by atoms with Crippen molar-refractivity contribution in [3.63, 3.8) is 0 Å². The largest absolute Gasteiger partial charge is 0.454 e. The van der Waals surface area contributed by atoms with Crippen LogP contribution >= 0.6 is 11.8 Å². The van der Waals surface area contributed by atoms with Crippen molar-refractivity contribution in [1.82, 2.24) is 10.2 Å². The van der Waals surface area contributed by atoms with Crippen molar-refractivity contribution in [2.24, 2.45) is 5.92 Å². The lowest BCUT2D eigenvalue weighted by Crippen LogP contribution is -2.29. The Labute approximate surface area is 137 Å². The van der Waals surface area contributed by atoms with Crippen molar-refractivity contribution >= 4 is 17.7 Å². The average molecular weight is 322 g/mol. The molecular weight excluding hydrogens is 296 g/mol. The van der Waals surface area contributed by atoms with E-state index in [1.54, 1.807) is 7.05 Å². The molecule has 0 bridgehead atoms. The van der Waals surface area contributed by atoms with Gasteiger partial charge in [0, 0.05) is 18.8 Å². The summed E-state index contributed by atoms with van der Waals surface area (Å²) in [5.41, 5.74) is 0. The molecule has 4 nitrogen and oxygen atoms in total. The van der Waals surface area contributed by atoms with Gasteiger partial charge in [-0.2, -0.15) is 0 Å². The molecule has 3 rings (SSSR count). The Balaban J connectivity index is 1.48. The summed E-state index contributed by atoms with van der Waals surface area (Å²) in [6, 6.07) is 4.21. The number of amides is 1. The number of carbonyl (C=O) groups is 1. The van der Waals surface area contributed by atoms with Gasteiger partial charge in [-0.15, -0.1) is 0 Å². The zero-order valence-corrected chi connectivity index (χ0v) is 14.2. The van der Waals surface area contributed by atoms with Crippen molar-refractivity contribution < 1.29 is 9.21 Å². The number of likely N-dealkylation sites (tertiary alicyclic amines) is 1. The standard InChI is InChI=1S/C17H26N2O2S/c1-18-17(20)13-9-10-19(11-13)12-14-7-8-16(21-14)22-15-5-3-2-4-6-15/h7-8,13,15H,2-6,9-12H2,1H3,(H,18,20). The number of hydrogen-bond donors (Lipinski definition) is 1. The third kappa shape index (κ3) is 4.07. The first kappa shape index (κ1) is 15.9. The summed E-state index contributed by atoms with van der Waals surface area (Å²) in [7, 11) is 1.71. The van der Waals surface area contributed by atoms with Crippen LogP contribution in [0.15, 0.2) is 21.6 Å². The summed E-state index contributed by atoms with van der Waals surface area (Å²) < 4.78 is 5.99. The molecule has 122 valence electrons. The Morgan fingerprint density at radius 2 is 2.14 bits per heavy atom. The van der Waals surface area contributed by atoms with Gasteiger partial charge >= 0.3 is 0 Å². The molecule has 1 atom stereocenters. The van der Waals surface area contributed by atoms with Crippen LogP contribution < -0.4 is 5.32 Å². The van der Waals surface area contributed by atoms with Gasteiger partial charge in [0.25, 0.3) is 0 Å². The predicted octanol–water partition coefficient (Wildman–Crippen LogP) is 3.27. The highest BCUT2D eigenvalue weighted by Gasteiger charge is 2.28. The number of furan rings is 1. The minimum Gasteiger partial charge on any atom is -0.454 e. The molecule has 0 spiro atoms. The van der Waals surface area contributed by atoms with E-state index in [0.29, 0.717) is 0 Å². The second-order valence-electron chi connectivity index (χ2n) is 6.43. The molecular formula is C17H26N2O2S. The summed E-state index contributed by atoms with van der Waals surface area (Å²) in [6.45, 7) is 2.63. The smallest absolute Gasteiger partial charge is 0.224 e. The molecule has 1 unspecified atom stereocenters. The molecule has 1 amide bonds. The van der Waals surface area contributed by atoms with Crippen LogP contribution in [0.25, 0.3) is 0 Å². The molecule has 1 aromatic rings. The third-order valence-electron chi connectivity index (χ3n) is 4.74. The van der Waals surface area contributed by atoms with Gasteiger partial charge < -0.3 is 9.73 Å². The normalized spacial score (nSPS) is 23.8. The summed E-state index contributed by atoms with van der Waals surface area (Å²) >= 11 is 1.90. The fourth-order valence-corrected chi connectivity index (χ4v) is 4.67. The molecule has 5 heteroatoms. The van der Waals surface area contributed by atoms with Gasteiger partial charge in [0.1, 0.15) is 5.76 Å². The minimum absolute atomic E-state index is 0.135. The molecule has 2 fully saturated rings. The van der Waals surface area contributed by atoms with E-state index in [4.69, 9.17) is 4.42 Å². The van der Waals surface area contributed by atoms with Gasteiger partial charge in [0.15, 0.2) is 5.09 Å². The molecule has 1 saturated heterocycles. The fraction of sp³-hybridized carbons (Fsp3) is 0.706. The van der Waals surface area contributed by atoms with Crippen molar-refractivity contribution in [2.75, 3.05) is 20.1 Å². The van der Waals surface area contributed by atoms with Crippen LogP contribution in [0.5, 0.6) is 0 Å². The van der Waals surface area contributed by atoms with Crippen molar-refractivity contribution in [1.29, 1.82) is 0 Å². The highest BCUT2D eigenvalue weighted by atomic mass is 32.2. The number of rotatable bonds is 5. The van der Waals surface area contributed by atoms with E-state index in [-0.39, 0.29) is 11.8 Å². The van der Waals surface area contributed by atoms with Crippen molar-refractivity contribution in [3.8, 4) is 0 Å². The van der Waals surface area contributed by atoms with Crippen molar-refractivity contribution in [2.45, 2.75) is 55.4 Å². The van der Waals surface area contributed by atoms with Gasteiger partial charge in [-0.1, -0.05) is 31.0 Å². The van der Waals surface area contributed by atoms with Crippen LogP contribution in [-0.2, 0) is 11.3 Å². The Morgan fingerprint density at radius 1 is 1.32 bits per heavy atom. The lowest BCUT2D eigenvalue weighted by Gasteiger charge is -2.19. The zero-order valence-electron chi connectivity index (χ0n) is 13.3. The fourth-order valence-electron chi connectivity index (χ4n) is 3.47. The highest BCUT2D eigenvalue weighted by molar-refractivity contribution is 7.99. The first-order valence-corrected chi connectivity index (χ1v) is 9.32. The monoisotopic (exact) mass is 322 g/mol. The lowest BCUT2D eigenvalue weighted by atomic mass is 10.0. The van der Waals surface area contributed by atoms with E-state index >= 15 is 0 Å². The highest BCUT2D eigenvalue weighted by Crippen LogP contribution is 2.34. The maximum atomic E-state index is 11.7. The van der Waals surface area contributed by atoms with Crippen molar-refractivity contribution in [3.05, 3.63) is 17.9 Å². The van der Waals surface area contributed by atoms with Gasteiger partial charge in [0.05, 0.1) is 12.5 Å². The van der Waals surface area contributed by atoms with E-state index in [0.717, 1.165) is 42.2 Å². The number of thioether (sulfide) groups is 1. The van der Waals surface area contributed by atoms with Gasteiger partial charge in [-0.3, -0.25) is 9.69 Å². The number of nitrogens with zero attached hydrogens (tertiary/aromatic N) is 1. The first-order chi connectivity index (χ1) is 10.7. The van der Waals surface area contributed by atoms with Crippen LogP contribution in [0.2, 0.25) is 0 Å². The molecule has 1 aliphatic carbocycles. The molecule has 2 heterocycles. The topological polar surface area (TPSA) is 45.5 Å². The molecule has 0 radical (unpaired) electrons. The molecule has 1 N–H and O–H groups in total. The van der Waals surface area contributed by atoms with Crippen LogP contribution in [0, 0.1) is 5.92 Å². The maximum Gasteiger partial charge on any atom is 0.224 e. The Bertz CT molecular complexity index is 497. The Morgan fingerprint density at radius 3 is 2.91 bits per heavy atom. The SMILES string of the molecule is CNC(=O)C1CCN(Cc2ccc(SC3CCCCC3)o2)C1. The average Bonchev–Trinajstić information content (AvgIpc) is 3.18. The second-order valence-corrected chi connectivity index (χ2v) is 7.74. The zero-order chi connectivity index (χ0) is 15.4. The summed E-state index contributed by atoms with van der Waals surface area (Å²) in [5.74, 6) is 1.32. The van der Waals surface area contributed by atoms with Gasteiger partial charge in [-0.25, -0.2) is 0 Å². The molecule has 22 heavy (non-hydrogen) atoms. The quantitative estimate of drug-likeness (QED) is 0.904. The van der Waals surface area contributed by atoms with E-state index in [2.05, 4.69) is 22.3 Å². The van der Waals surface area contributed by atoms with Gasteiger partial charge in [0.2, 0.25) is 5.91 Å². The molecule has 2 aliphatic rings. The summed E-state index contributed by atoms with van der Waals surface area (Å²) in [6.07, 6.45) is 7.70. The van der Waals surface area contributed by atoms with Crippen LogP contribution in [0.3, 0.4) is 0 Å². The molecule has 1 aromatic heterocycles. The number of hydrogen-bond acceptors (Lipinski definition) is 4. The predicted molar refractivity (Wildman–Crippen MR) is 88.9 cm³/mol. The van der Waals surface area contributed by atoms with Crippen LogP contribution in [-0.4, -0.2) is 36.2 Å². The molecule has 1 aliphatic heterocycles. The van der Waals surface area contributed by atoms with E-state index in [1.807, 2.05) is 11.8 Å². The first-order valence-electron chi connectivity index (χ1n) is 8.44. The molecule has 1 saturated carbocycles. The summed E-state index contributed by atoms with van der Waals surface area (Å²) in [5, 5.41) is 4.54. The van der Waals surface area contributed by atoms with E-state index < -0.39 is 0 Å². The Hall–Kier alpha value is -0.940. The van der Waals surface area contributed by atoms with Crippen LogP contribution in [0.4, 0.5) is 0 Å². The third-order valence-corrected chi connectivity index (χ3v) is 6.00. The number of carbonyl (C=O) groups excluding carboxylic acids is 1. The Kier molecular flexibility index (Phi) is 5.47. The second kappa shape index (κ2) is 7.55. The lowest BCUT2D eigenvalue weighted by molar-refractivity contribution is -0.124. The number of nitrogens with one attached hydrogen (secondary N) is 1. The van der Waals surface area contributed by atoms with E-state index in [1.165, 1.54) is 32.1 Å². The summed E-state index contributed by atoms with van der Waals surface area (Å²) in [4.78, 5) is 14.0. The van der Waals surface area contributed by atoms with Gasteiger partial charge in [-0.05, 0) is 37.9 Å². The molecule has 0 aromatic carbocycles. The van der Waals surface area contributed by atoms with Crippen LogP contribution in [0.1, 0.15) is 44.3 Å². The van der Waals surface area contributed by atoms with E-state index in [9.17, 15) is 4.79 Å².